The van der Waals surface area contributed by atoms with Gasteiger partial charge in [-0.25, -0.2) is 30.4 Å². The summed E-state index contributed by atoms with van der Waals surface area (Å²) in [6, 6.07) is 5.94. The van der Waals surface area contributed by atoms with Crippen molar-refractivity contribution in [1.82, 2.24) is 14.8 Å². The zero-order valence-corrected chi connectivity index (χ0v) is 19.8. The molecule has 0 aliphatic carbocycles. The average Bonchev–Trinajstić information content (AvgIpc) is 3.26. The number of anilines is 1. The predicted molar refractivity (Wildman–Crippen MR) is 123 cm³/mol. The molecule has 0 spiro atoms. The number of pyridine rings is 1. The molecule has 37 heavy (non-hydrogen) atoms. The molecule has 2 heterocycles. The number of benzene rings is 2. The van der Waals surface area contributed by atoms with Gasteiger partial charge in [-0.1, -0.05) is 0 Å². The van der Waals surface area contributed by atoms with Crippen LogP contribution in [0.2, 0.25) is 0 Å². The lowest BCUT2D eigenvalue weighted by Crippen LogP contribution is -2.36. The first-order chi connectivity index (χ1) is 17.6. The Morgan fingerprint density at radius 1 is 1.00 bits per heavy atom. The SMILES string of the molecule is CC(=O)N(c1ccc(F)c(-c2nn(CCF)cc2-c2ccncc2)c1F)S(=O)(=O)c1cc(F)ccc1F. The second-order valence-corrected chi connectivity index (χ2v) is 9.45. The molecule has 2 aromatic carbocycles. The van der Waals surface area contributed by atoms with E-state index >= 15 is 8.78 Å². The highest BCUT2D eigenvalue weighted by atomic mass is 32.2. The van der Waals surface area contributed by atoms with Crippen LogP contribution >= 0.6 is 0 Å². The lowest BCUT2D eigenvalue weighted by atomic mass is 10.0. The van der Waals surface area contributed by atoms with E-state index in [0.29, 0.717) is 35.9 Å². The maximum Gasteiger partial charge on any atom is 0.274 e. The number of nitrogens with zero attached hydrogens (tertiary/aromatic N) is 4. The van der Waals surface area contributed by atoms with Crippen molar-refractivity contribution in [2.75, 3.05) is 11.0 Å². The van der Waals surface area contributed by atoms with Crippen LogP contribution in [0.25, 0.3) is 22.4 Å². The molecule has 0 aliphatic rings. The van der Waals surface area contributed by atoms with E-state index in [0.717, 1.165) is 11.6 Å². The number of carbonyl (C=O) groups is 1. The maximum atomic E-state index is 15.9. The van der Waals surface area contributed by atoms with Crippen LogP contribution < -0.4 is 4.31 Å². The summed E-state index contributed by atoms with van der Waals surface area (Å²) < 4.78 is 99.5. The van der Waals surface area contributed by atoms with Crippen molar-refractivity contribution in [2.45, 2.75) is 18.4 Å². The van der Waals surface area contributed by atoms with Crippen LogP contribution in [0.4, 0.5) is 27.6 Å². The Bertz CT molecular complexity index is 1590. The predicted octanol–water partition coefficient (Wildman–Crippen LogP) is 4.88. The van der Waals surface area contributed by atoms with E-state index in [4.69, 9.17) is 0 Å². The van der Waals surface area contributed by atoms with E-state index in [9.17, 15) is 26.4 Å². The summed E-state index contributed by atoms with van der Waals surface area (Å²) in [7, 11) is -5.18. The fourth-order valence-electron chi connectivity index (χ4n) is 3.71. The molecular formula is C24H17F5N4O3S. The monoisotopic (exact) mass is 536 g/mol. The first kappa shape index (κ1) is 25.9. The van der Waals surface area contributed by atoms with Crippen LogP contribution in [0.3, 0.4) is 0 Å². The summed E-state index contributed by atoms with van der Waals surface area (Å²) in [6.45, 7) is -0.319. The molecular weight excluding hydrogens is 519 g/mol. The van der Waals surface area contributed by atoms with Crippen molar-refractivity contribution in [3.8, 4) is 22.4 Å². The van der Waals surface area contributed by atoms with Gasteiger partial charge in [-0.3, -0.25) is 14.5 Å². The number of hydrogen-bond acceptors (Lipinski definition) is 5. The van der Waals surface area contributed by atoms with Crippen LogP contribution in [0.1, 0.15) is 6.92 Å². The van der Waals surface area contributed by atoms with Crippen LogP contribution in [0, 0.1) is 23.3 Å². The van der Waals surface area contributed by atoms with Gasteiger partial charge in [0.25, 0.3) is 10.0 Å². The molecule has 0 saturated carbocycles. The van der Waals surface area contributed by atoms with Crippen LogP contribution in [-0.2, 0) is 21.4 Å². The third kappa shape index (κ3) is 4.81. The molecule has 192 valence electrons. The van der Waals surface area contributed by atoms with E-state index in [1.165, 1.54) is 30.7 Å². The topological polar surface area (TPSA) is 85.2 Å². The highest BCUT2D eigenvalue weighted by Gasteiger charge is 2.35. The summed E-state index contributed by atoms with van der Waals surface area (Å²) >= 11 is 0. The Labute approximate surface area is 207 Å². The number of amides is 1. The van der Waals surface area contributed by atoms with E-state index in [1.807, 2.05) is 0 Å². The highest BCUT2D eigenvalue weighted by molar-refractivity contribution is 7.93. The number of aryl methyl sites for hydroxylation is 1. The van der Waals surface area contributed by atoms with Crippen molar-refractivity contribution >= 4 is 21.6 Å². The van der Waals surface area contributed by atoms with E-state index < -0.39 is 62.0 Å². The summed E-state index contributed by atoms with van der Waals surface area (Å²) in [6.07, 6.45) is 4.16. The van der Waals surface area contributed by atoms with Crippen LogP contribution in [-0.4, -0.2) is 35.8 Å². The number of alkyl halides is 1. The second-order valence-electron chi connectivity index (χ2n) is 7.70. The molecule has 1 amide bonds. The Kier molecular flexibility index (Phi) is 7.07. The third-order valence-electron chi connectivity index (χ3n) is 5.29. The molecule has 2 aromatic heterocycles. The van der Waals surface area contributed by atoms with E-state index in [-0.39, 0.29) is 22.1 Å². The fraction of sp³-hybridized carbons (Fsp3) is 0.125. The Morgan fingerprint density at radius 2 is 1.68 bits per heavy atom. The molecule has 0 fully saturated rings. The van der Waals surface area contributed by atoms with E-state index in [2.05, 4.69) is 10.1 Å². The van der Waals surface area contributed by atoms with Gasteiger partial charge in [0.05, 0.1) is 17.8 Å². The highest BCUT2D eigenvalue weighted by Crippen LogP contribution is 2.39. The Morgan fingerprint density at radius 3 is 2.32 bits per heavy atom. The maximum absolute atomic E-state index is 15.9. The number of rotatable bonds is 7. The number of carbonyl (C=O) groups excluding carboxylic acids is 1. The largest absolute Gasteiger partial charge is 0.274 e. The molecule has 0 saturated heterocycles. The molecule has 0 bridgehead atoms. The minimum atomic E-state index is -5.18. The van der Waals surface area contributed by atoms with Gasteiger partial charge in [-0.2, -0.15) is 9.40 Å². The van der Waals surface area contributed by atoms with Crippen molar-refractivity contribution in [3.63, 3.8) is 0 Å². The molecule has 0 radical (unpaired) electrons. The van der Waals surface area contributed by atoms with Gasteiger partial charge in [0.15, 0.2) is 5.82 Å². The summed E-state index contributed by atoms with van der Waals surface area (Å²) in [5, 5.41) is 4.07. The normalized spacial score (nSPS) is 11.5. The first-order valence-electron chi connectivity index (χ1n) is 10.6. The lowest BCUT2D eigenvalue weighted by Gasteiger charge is -2.23. The zero-order valence-electron chi connectivity index (χ0n) is 19.0. The van der Waals surface area contributed by atoms with Gasteiger partial charge in [-0.15, -0.1) is 0 Å². The number of hydrogen-bond donors (Lipinski definition) is 0. The van der Waals surface area contributed by atoms with Crippen LogP contribution in [0.15, 0.2) is 66.0 Å². The first-order valence-corrected chi connectivity index (χ1v) is 12.0. The molecule has 7 nitrogen and oxygen atoms in total. The van der Waals surface area contributed by atoms with Crippen molar-refractivity contribution in [2.24, 2.45) is 0 Å². The quantitative estimate of drug-likeness (QED) is 0.315. The number of sulfonamides is 1. The fourth-order valence-corrected chi connectivity index (χ4v) is 5.22. The van der Waals surface area contributed by atoms with Crippen molar-refractivity contribution in [1.29, 1.82) is 0 Å². The van der Waals surface area contributed by atoms with Gasteiger partial charge in [0.2, 0.25) is 5.91 Å². The standard InChI is InChI=1S/C24H17F5N4O3S/c1-14(34)33(37(35,36)21-12-16(26)2-3-18(21)27)20-5-4-19(28)22(23(20)29)24-17(13-32(31-24)11-8-25)15-6-9-30-10-7-15/h2-7,9-10,12-13H,8,11H2,1H3. The van der Waals surface area contributed by atoms with Crippen molar-refractivity contribution in [3.05, 3.63) is 84.3 Å². The summed E-state index contributed by atoms with van der Waals surface area (Å²) in [4.78, 5) is 15.1. The second kappa shape index (κ2) is 10.1. The average molecular weight is 536 g/mol. The molecule has 0 N–H and O–H groups in total. The van der Waals surface area contributed by atoms with Gasteiger partial charge >= 0.3 is 0 Å². The van der Waals surface area contributed by atoms with Gasteiger partial charge in [0, 0.05) is 31.1 Å². The molecule has 0 atom stereocenters. The lowest BCUT2D eigenvalue weighted by molar-refractivity contribution is -0.115. The molecule has 0 unspecified atom stereocenters. The minimum absolute atomic E-state index is 0.0895. The minimum Gasteiger partial charge on any atom is -0.274 e. The van der Waals surface area contributed by atoms with Crippen LogP contribution in [0.5, 0.6) is 0 Å². The van der Waals surface area contributed by atoms with Gasteiger partial charge in [-0.05, 0) is 48.0 Å². The molecule has 13 heteroatoms. The summed E-state index contributed by atoms with van der Waals surface area (Å²) in [5.41, 5.74) is -1.50. The third-order valence-corrected chi connectivity index (χ3v) is 7.09. The molecule has 4 aromatic rings. The van der Waals surface area contributed by atoms with Crippen molar-refractivity contribution < 1.29 is 35.2 Å². The van der Waals surface area contributed by atoms with E-state index in [1.54, 1.807) is 0 Å². The Hall–Kier alpha value is -4.13. The number of aromatic nitrogens is 3. The summed E-state index contributed by atoms with van der Waals surface area (Å²) in [5.74, 6) is -6.47. The number of halogens is 5. The smallest absolute Gasteiger partial charge is 0.274 e. The van der Waals surface area contributed by atoms with Gasteiger partial charge in [0.1, 0.15) is 34.7 Å². The van der Waals surface area contributed by atoms with Gasteiger partial charge < -0.3 is 0 Å². The zero-order chi connectivity index (χ0) is 26.9. The molecule has 4 rings (SSSR count). The molecule has 0 aliphatic heterocycles. The Balaban J connectivity index is 1.96.